The van der Waals surface area contributed by atoms with Crippen LogP contribution in [0.5, 0.6) is 0 Å². The van der Waals surface area contributed by atoms with Crippen LogP contribution < -0.4 is 0 Å². The molecule has 0 aromatic rings. The first-order valence-corrected chi connectivity index (χ1v) is 12.0. The van der Waals surface area contributed by atoms with Crippen LogP contribution in [0.2, 0.25) is 0 Å². The van der Waals surface area contributed by atoms with Crippen molar-refractivity contribution in [3.8, 4) is 0 Å². The molecule has 0 saturated carbocycles. The van der Waals surface area contributed by atoms with Gasteiger partial charge in [0.05, 0.1) is 30.6 Å². The van der Waals surface area contributed by atoms with Crippen LogP contribution in [0.3, 0.4) is 0 Å². The van der Waals surface area contributed by atoms with E-state index < -0.39 is 47.5 Å². The fourth-order valence-electron chi connectivity index (χ4n) is 5.79. The number of nitrogens with zero attached hydrogens (tertiary/aromatic N) is 2. The number of fused-ring (bicyclic) bond motifs is 1. The number of amides is 2. The molecule has 0 aromatic carbocycles. The third-order valence-electron chi connectivity index (χ3n) is 7.17. The van der Waals surface area contributed by atoms with Crippen LogP contribution in [0.1, 0.15) is 46.5 Å². The summed E-state index contributed by atoms with van der Waals surface area (Å²) >= 11 is 3.54. The van der Waals surface area contributed by atoms with E-state index in [1.807, 2.05) is 20.8 Å². The molecule has 3 rings (SSSR count). The molecule has 2 unspecified atom stereocenters. The van der Waals surface area contributed by atoms with Crippen LogP contribution in [0.15, 0.2) is 12.7 Å². The quantitative estimate of drug-likeness (QED) is 0.349. The Morgan fingerprint density at radius 3 is 2.65 bits per heavy atom. The third kappa shape index (κ3) is 3.62. The molecule has 174 valence electrons. The van der Waals surface area contributed by atoms with E-state index in [4.69, 9.17) is 4.74 Å². The summed E-state index contributed by atoms with van der Waals surface area (Å²) < 4.78 is 6.27. The van der Waals surface area contributed by atoms with Gasteiger partial charge in [-0.2, -0.15) is 0 Å². The molecule has 2 amide bonds. The lowest BCUT2D eigenvalue weighted by Crippen LogP contribution is -2.60. The number of aliphatic hydroxyl groups excluding tert-OH is 1. The summed E-state index contributed by atoms with van der Waals surface area (Å²) in [6.45, 7) is 9.64. The third-order valence-corrected chi connectivity index (χ3v) is 8.01. The van der Waals surface area contributed by atoms with Crippen LogP contribution in [0.25, 0.3) is 0 Å². The van der Waals surface area contributed by atoms with Crippen LogP contribution in [-0.2, 0) is 19.1 Å². The van der Waals surface area contributed by atoms with Gasteiger partial charge in [-0.15, -0.1) is 6.58 Å². The number of hydrogen-bond donors (Lipinski definition) is 2. The number of aliphatic carboxylic acids is 1. The van der Waals surface area contributed by atoms with Gasteiger partial charge in [-0.1, -0.05) is 42.3 Å². The molecule has 3 fully saturated rings. The van der Waals surface area contributed by atoms with Crippen LogP contribution in [-0.4, -0.2) is 85.6 Å². The van der Waals surface area contributed by atoms with Crippen molar-refractivity contribution >= 4 is 33.7 Å². The second kappa shape index (κ2) is 9.19. The van der Waals surface area contributed by atoms with Crippen molar-refractivity contribution in [2.45, 2.75) is 81.1 Å². The van der Waals surface area contributed by atoms with Gasteiger partial charge in [0.25, 0.3) is 0 Å². The number of aliphatic hydroxyl groups is 1. The molecule has 2 N–H and O–H groups in total. The average molecular weight is 501 g/mol. The Morgan fingerprint density at radius 2 is 2.13 bits per heavy atom. The van der Waals surface area contributed by atoms with E-state index in [0.717, 1.165) is 12.8 Å². The number of alkyl halides is 1. The Hall–Kier alpha value is -1.45. The zero-order valence-corrected chi connectivity index (χ0v) is 20.0. The van der Waals surface area contributed by atoms with Crippen LogP contribution in [0, 0.1) is 11.8 Å². The maximum atomic E-state index is 14.0. The number of carbonyl (C=O) groups is 3. The van der Waals surface area contributed by atoms with E-state index in [9.17, 15) is 24.6 Å². The monoisotopic (exact) mass is 500 g/mol. The van der Waals surface area contributed by atoms with E-state index in [0.29, 0.717) is 19.4 Å². The van der Waals surface area contributed by atoms with Gasteiger partial charge in [-0.05, 0) is 26.2 Å². The van der Waals surface area contributed by atoms with Crippen molar-refractivity contribution in [1.29, 1.82) is 0 Å². The molecule has 8 atom stereocenters. The molecule has 0 radical (unpaired) electrons. The second-order valence-electron chi connectivity index (χ2n) is 8.91. The number of ether oxygens (including phenoxy) is 1. The Balaban J connectivity index is 2.12. The average Bonchev–Trinajstić information content (AvgIpc) is 3.31. The number of carboxylic acids is 1. The molecule has 3 aliphatic rings. The summed E-state index contributed by atoms with van der Waals surface area (Å²) in [6.07, 6.45) is 3.48. The fourth-order valence-corrected chi connectivity index (χ4v) is 6.74. The van der Waals surface area contributed by atoms with Crippen molar-refractivity contribution < 1.29 is 29.3 Å². The summed E-state index contributed by atoms with van der Waals surface area (Å²) in [4.78, 5) is 42.6. The number of carboxylic acid groups (broad SMARTS) is 1. The predicted molar refractivity (Wildman–Crippen MR) is 118 cm³/mol. The number of carbonyl (C=O) groups excluding carboxylic acids is 2. The van der Waals surface area contributed by atoms with Crippen molar-refractivity contribution in [3.63, 3.8) is 0 Å². The van der Waals surface area contributed by atoms with Crippen molar-refractivity contribution in [3.05, 3.63) is 12.7 Å². The highest BCUT2D eigenvalue weighted by Gasteiger charge is 2.77. The van der Waals surface area contributed by atoms with Gasteiger partial charge in [-0.3, -0.25) is 14.4 Å². The van der Waals surface area contributed by atoms with Crippen molar-refractivity contribution in [2.24, 2.45) is 11.8 Å². The maximum absolute atomic E-state index is 14.0. The summed E-state index contributed by atoms with van der Waals surface area (Å²) in [5.74, 6) is -3.74. The normalized spacial score (nSPS) is 35.7. The number of hydrogen-bond acceptors (Lipinski definition) is 5. The highest BCUT2D eigenvalue weighted by molar-refractivity contribution is 9.09. The summed E-state index contributed by atoms with van der Waals surface area (Å²) in [5, 5.41) is 19.9. The number of rotatable bonds is 10. The Labute approximate surface area is 191 Å². The molecular weight excluding hydrogens is 468 g/mol. The smallest absolute Gasteiger partial charge is 0.310 e. The van der Waals surface area contributed by atoms with E-state index in [2.05, 4.69) is 22.5 Å². The van der Waals surface area contributed by atoms with Gasteiger partial charge in [0.1, 0.15) is 11.6 Å². The van der Waals surface area contributed by atoms with Gasteiger partial charge >= 0.3 is 5.97 Å². The summed E-state index contributed by atoms with van der Waals surface area (Å²) in [6, 6.07) is -1.64. The minimum atomic E-state index is -1.22. The summed E-state index contributed by atoms with van der Waals surface area (Å²) in [5.41, 5.74) is -1.22. The number of halogens is 1. The minimum absolute atomic E-state index is 0.0780. The minimum Gasteiger partial charge on any atom is -0.481 e. The zero-order valence-electron chi connectivity index (χ0n) is 18.4. The Bertz CT molecular complexity index is 744. The number of likely N-dealkylation sites (tertiary alicyclic amines) is 1. The molecule has 1 spiro atoms. The topological polar surface area (TPSA) is 107 Å². The molecule has 2 bridgehead atoms. The van der Waals surface area contributed by atoms with Gasteiger partial charge < -0.3 is 24.7 Å². The predicted octanol–water partition coefficient (Wildman–Crippen LogP) is 1.79. The van der Waals surface area contributed by atoms with Crippen molar-refractivity contribution in [1.82, 2.24) is 9.80 Å². The molecule has 3 aliphatic heterocycles. The van der Waals surface area contributed by atoms with Crippen LogP contribution >= 0.6 is 15.9 Å². The highest BCUT2D eigenvalue weighted by Crippen LogP contribution is 2.60. The Kier molecular flexibility index (Phi) is 7.18. The molecule has 0 aromatic heterocycles. The molecule has 9 heteroatoms. The Morgan fingerprint density at radius 1 is 1.45 bits per heavy atom. The van der Waals surface area contributed by atoms with E-state index in [1.54, 1.807) is 11.0 Å². The lowest BCUT2D eigenvalue weighted by molar-refractivity contribution is -0.154. The van der Waals surface area contributed by atoms with Gasteiger partial charge in [-0.25, -0.2) is 0 Å². The lowest BCUT2D eigenvalue weighted by Gasteiger charge is -2.40. The molecule has 31 heavy (non-hydrogen) atoms. The SMILES string of the molecule is C=CCN(C(=O)[C@H]1N([C@@H](CC)CO)C(=O)[C@@H]2[C@@H](C(=O)O)[C@@H]3O[C@@]21CC3Br)C(C)CCC. The van der Waals surface area contributed by atoms with Gasteiger partial charge in [0, 0.05) is 17.4 Å². The van der Waals surface area contributed by atoms with E-state index in [1.165, 1.54) is 4.90 Å². The standard InChI is InChI=1S/C22H33BrN2O6/c1-5-8-12(4)24(9-6-2)20(28)18-22-10-14(23)17(31-22)15(21(29)30)16(22)19(27)25(18)13(7-3)11-26/h6,12-18,26H,2,5,7-11H2,1,3-4H3,(H,29,30)/t12?,13-,14?,15+,16-,17+,18+,22-/m0/s1. The largest absolute Gasteiger partial charge is 0.481 e. The fraction of sp³-hybridized carbons (Fsp3) is 0.773. The molecule has 3 heterocycles. The van der Waals surface area contributed by atoms with Gasteiger partial charge in [0.15, 0.2) is 0 Å². The molecular formula is C22H33BrN2O6. The van der Waals surface area contributed by atoms with Crippen LogP contribution in [0.4, 0.5) is 0 Å². The lowest BCUT2D eigenvalue weighted by atomic mass is 9.70. The van der Waals surface area contributed by atoms with Crippen molar-refractivity contribution in [2.75, 3.05) is 13.2 Å². The first kappa shape index (κ1) is 24.2. The zero-order chi connectivity index (χ0) is 23.1. The maximum Gasteiger partial charge on any atom is 0.310 e. The first-order chi connectivity index (χ1) is 14.7. The first-order valence-electron chi connectivity index (χ1n) is 11.1. The van der Waals surface area contributed by atoms with Gasteiger partial charge in [0.2, 0.25) is 11.8 Å². The molecule has 8 nitrogen and oxygen atoms in total. The highest BCUT2D eigenvalue weighted by atomic mass is 79.9. The second-order valence-corrected chi connectivity index (χ2v) is 10.1. The molecule has 0 aliphatic carbocycles. The molecule has 3 saturated heterocycles. The summed E-state index contributed by atoms with van der Waals surface area (Å²) in [7, 11) is 0. The van der Waals surface area contributed by atoms with E-state index in [-0.39, 0.29) is 23.4 Å². The van der Waals surface area contributed by atoms with E-state index >= 15 is 0 Å².